The quantitative estimate of drug-likeness (QED) is 0.895. The maximum atomic E-state index is 9.73. The molecule has 2 aliphatic heterocycles. The van der Waals surface area contributed by atoms with Crippen LogP contribution in [0, 0.1) is 0 Å². The van der Waals surface area contributed by atoms with Crippen molar-refractivity contribution >= 4 is 31.7 Å². The second-order valence-electron chi connectivity index (χ2n) is 5.49. The van der Waals surface area contributed by atoms with Crippen LogP contribution in [-0.4, -0.2) is 41.1 Å². The molecule has 1 N–H and O–H groups in total. The first-order valence-corrected chi connectivity index (χ1v) is 8.32. The predicted molar refractivity (Wildman–Crippen MR) is 83.2 cm³/mol. The van der Waals surface area contributed by atoms with E-state index < -0.39 is 0 Å². The summed E-state index contributed by atoms with van der Waals surface area (Å²) in [5.41, 5.74) is 1.41. The number of thiophene rings is 1. The number of fused-ring (bicyclic) bond motifs is 1. The molecule has 3 nitrogen and oxygen atoms in total. The van der Waals surface area contributed by atoms with Crippen molar-refractivity contribution in [2.45, 2.75) is 32.0 Å². The molecule has 3 rings (SSSR count). The number of likely N-dealkylation sites (tertiary alicyclic amines) is 1. The summed E-state index contributed by atoms with van der Waals surface area (Å²) in [5.74, 6) is 0. The number of halogens is 1. The average molecular weight is 343 g/mol. The van der Waals surface area contributed by atoms with Gasteiger partial charge in [0.05, 0.1) is 10.6 Å². The Morgan fingerprint density at radius 2 is 2.37 bits per heavy atom. The van der Waals surface area contributed by atoms with E-state index in [0.717, 1.165) is 39.0 Å². The third-order valence-electron chi connectivity index (χ3n) is 3.69. The van der Waals surface area contributed by atoms with E-state index in [1.165, 1.54) is 19.8 Å². The largest absolute Gasteiger partial charge is 0.392 e. The van der Waals surface area contributed by atoms with Gasteiger partial charge in [0.1, 0.15) is 0 Å². The van der Waals surface area contributed by atoms with E-state index >= 15 is 0 Å². The number of hydrogen-bond donors (Lipinski definition) is 1. The first kappa shape index (κ1) is 13.6. The molecular weight excluding hydrogens is 324 g/mol. The molecule has 1 aromatic heterocycles. The lowest BCUT2D eigenvalue weighted by Crippen LogP contribution is -2.37. The number of hydrogen-bond acceptors (Lipinski definition) is 4. The van der Waals surface area contributed by atoms with Gasteiger partial charge in [0.2, 0.25) is 0 Å². The van der Waals surface area contributed by atoms with Gasteiger partial charge in [0.15, 0.2) is 0 Å². The van der Waals surface area contributed by atoms with Crippen LogP contribution in [0.15, 0.2) is 12.3 Å². The summed E-state index contributed by atoms with van der Waals surface area (Å²) in [4.78, 5) is 7.34. The zero-order valence-corrected chi connectivity index (χ0v) is 13.5. The van der Waals surface area contributed by atoms with Crippen LogP contribution >= 0.6 is 27.3 Å². The lowest BCUT2D eigenvalue weighted by Gasteiger charge is -2.29. The lowest BCUT2D eigenvalue weighted by molar-refractivity contribution is 0.0673. The Balaban J connectivity index is 1.73. The minimum atomic E-state index is -0.138. The maximum Gasteiger partial charge on any atom is 0.0667 e. The first-order chi connectivity index (χ1) is 9.11. The van der Waals surface area contributed by atoms with E-state index in [0.29, 0.717) is 0 Å². The van der Waals surface area contributed by atoms with Gasteiger partial charge in [0.25, 0.3) is 0 Å². The van der Waals surface area contributed by atoms with Crippen LogP contribution < -0.4 is 0 Å². The zero-order chi connectivity index (χ0) is 13.4. The van der Waals surface area contributed by atoms with Crippen molar-refractivity contribution in [1.29, 1.82) is 0 Å². The van der Waals surface area contributed by atoms with Crippen LogP contribution in [0.1, 0.15) is 28.2 Å². The highest BCUT2D eigenvalue weighted by molar-refractivity contribution is 9.15. The number of aliphatic hydroxyl groups is 1. The van der Waals surface area contributed by atoms with Crippen molar-refractivity contribution in [2.24, 2.45) is 0 Å². The summed E-state index contributed by atoms with van der Waals surface area (Å²) < 4.78 is 1.19. The highest BCUT2D eigenvalue weighted by atomic mass is 79.9. The fourth-order valence-corrected chi connectivity index (χ4v) is 4.81. The van der Waals surface area contributed by atoms with Gasteiger partial charge in [-0.15, -0.1) is 11.3 Å². The van der Waals surface area contributed by atoms with Crippen molar-refractivity contribution in [1.82, 2.24) is 9.80 Å². The Morgan fingerprint density at radius 1 is 1.53 bits per heavy atom. The minimum Gasteiger partial charge on any atom is -0.392 e. The van der Waals surface area contributed by atoms with E-state index in [1.807, 2.05) is 11.3 Å². The van der Waals surface area contributed by atoms with Crippen LogP contribution in [0.3, 0.4) is 0 Å². The smallest absolute Gasteiger partial charge is 0.0667 e. The second kappa shape index (κ2) is 5.56. The number of aliphatic hydroxyl groups excluding tert-OH is 1. The topological polar surface area (TPSA) is 26.7 Å². The summed E-state index contributed by atoms with van der Waals surface area (Å²) in [6, 6.07) is 2.33. The van der Waals surface area contributed by atoms with Gasteiger partial charge in [-0.3, -0.25) is 4.90 Å². The SMILES string of the molecule is CN1C=C(Br)c2sc(CN3CCCC(O)C3)cc2C1. The molecule has 0 aliphatic carbocycles. The molecule has 0 aromatic carbocycles. The molecule has 1 unspecified atom stereocenters. The molecule has 0 bridgehead atoms. The van der Waals surface area contributed by atoms with Crippen molar-refractivity contribution in [3.8, 4) is 0 Å². The molecule has 1 aromatic rings. The molecule has 19 heavy (non-hydrogen) atoms. The fraction of sp³-hybridized carbons (Fsp3) is 0.571. The summed E-state index contributed by atoms with van der Waals surface area (Å²) in [7, 11) is 2.10. The van der Waals surface area contributed by atoms with Crippen LogP contribution in [0.2, 0.25) is 0 Å². The third-order valence-corrected chi connectivity index (χ3v) is 5.75. The molecule has 104 valence electrons. The second-order valence-corrected chi connectivity index (χ2v) is 7.48. The van der Waals surface area contributed by atoms with Crippen LogP contribution in [-0.2, 0) is 13.1 Å². The van der Waals surface area contributed by atoms with E-state index in [2.05, 4.69) is 45.0 Å². The first-order valence-electron chi connectivity index (χ1n) is 6.72. The molecular formula is C14H19BrN2OS. The summed E-state index contributed by atoms with van der Waals surface area (Å²) in [5, 5.41) is 9.73. The van der Waals surface area contributed by atoms with E-state index in [1.54, 1.807) is 0 Å². The van der Waals surface area contributed by atoms with Gasteiger partial charge >= 0.3 is 0 Å². The molecule has 2 aliphatic rings. The van der Waals surface area contributed by atoms with Crippen molar-refractivity contribution < 1.29 is 5.11 Å². The highest BCUT2D eigenvalue weighted by Gasteiger charge is 2.21. The highest BCUT2D eigenvalue weighted by Crippen LogP contribution is 2.37. The Hall–Kier alpha value is -0.360. The van der Waals surface area contributed by atoms with Crippen LogP contribution in [0.5, 0.6) is 0 Å². The standard InChI is InChI=1S/C14H19BrN2OS/c1-16-6-10-5-12(19-14(10)13(15)9-16)8-17-4-2-3-11(18)7-17/h5,9,11,18H,2-4,6-8H2,1H3. The molecule has 0 radical (unpaired) electrons. The van der Waals surface area contributed by atoms with Gasteiger partial charge in [-0.1, -0.05) is 0 Å². The summed E-state index contributed by atoms with van der Waals surface area (Å²) >= 11 is 5.53. The Morgan fingerprint density at radius 3 is 3.16 bits per heavy atom. The van der Waals surface area contributed by atoms with Crippen molar-refractivity contribution in [3.63, 3.8) is 0 Å². The molecule has 3 heterocycles. The number of β-amino-alcohol motifs (C(OH)–C–C–N with tert-alkyl or cyclic N) is 1. The maximum absolute atomic E-state index is 9.73. The molecule has 1 atom stereocenters. The van der Waals surface area contributed by atoms with Crippen LogP contribution in [0.25, 0.3) is 4.48 Å². The lowest BCUT2D eigenvalue weighted by atomic mass is 10.1. The average Bonchev–Trinajstić information content (AvgIpc) is 2.71. The molecule has 1 fully saturated rings. The Bertz CT molecular complexity index is 500. The van der Waals surface area contributed by atoms with Gasteiger partial charge < -0.3 is 10.0 Å². The normalized spacial score (nSPS) is 24.3. The van der Waals surface area contributed by atoms with E-state index in [9.17, 15) is 5.11 Å². The Labute approximate surface area is 126 Å². The van der Waals surface area contributed by atoms with Gasteiger partial charge in [-0.25, -0.2) is 0 Å². The Kier molecular flexibility index (Phi) is 3.98. The summed E-state index contributed by atoms with van der Waals surface area (Å²) in [6.07, 6.45) is 4.07. The van der Waals surface area contributed by atoms with Gasteiger partial charge in [-0.2, -0.15) is 0 Å². The summed E-state index contributed by atoms with van der Waals surface area (Å²) in [6.45, 7) is 3.89. The monoisotopic (exact) mass is 342 g/mol. The number of piperidine rings is 1. The molecule has 0 amide bonds. The van der Waals surface area contributed by atoms with Crippen LogP contribution in [0.4, 0.5) is 0 Å². The third kappa shape index (κ3) is 3.05. The molecule has 5 heteroatoms. The number of rotatable bonds is 2. The minimum absolute atomic E-state index is 0.138. The van der Waals surface area contributed by atoms with E-state index in [-0.39, 0.29) is 6.10 Å². The van der Waals surface area contributed by atoms with Gasteiger partial charge in [-0.05, 0) is 46.9 Å². The fourth-order valence-electron chi connectivity index (χ4n) is 2.85. The number of nitrogens with zero attached hydrogens (tertiary/aromatic N) is 2. The predicted octanol–water partition coefficient (Wildman–Crippen LogP) is 2.84. The molecule has 0 spiro atoms. The van der Waals surface area contributed by atoms with Crippen molar-refractivity contribution in [2.75, 3.05) is 20.1 Å². The zero-order valence-electron chi connectivity index (χ0n) is 11.1. The molecule has 1 saturated heterocycles. The van der Waals surface area contributed by atoms with E-state index in [4.69, 9.17) is 0 Å². The molecule has 0 saturated carbocycles. The van der Waals surface area contributed by atoms with Gasteiger partial charge in [0, 0.05) is 42.6 Å². The van der Waals surface area contributed by atoms with Crippen molar-refractivity contribution in [3.05, 3.63) is 27.6 Å².